The predicted molar refractivity (Wildman–Crippen MR) is 59.9 cm³/mol. The molecule has 0 saturated carbocycles. The number of rotatable bonds is 3. The van der Waals surface area contributed by atoms with Crippen LogP contribution < -0.4 is 5.73 Å². The molecule has 0 bridgehead atoms. The van der Waals surface area contributed by atoms with Crippen LogP contribution in [-0.2, 0) is 16.1 Å². The summed E-state index contributed by atoms with van der Waals surface area (Å²) < 4.78 is 10.3. The van der Waals surface area contributed by atoms with Gasteiger partial charge in [-0.15, -0.1) is 0 Å². The molecular weight excluding hydrogens is 240 g/mol. The van der Waals surface area contributed by atoms with E-state index >= 15 is 0 Å². The van der Waals surface area contributed by atoms with Crippen molar-refractivity contribution in [1.29, 1.82) is 0 Å². The van der Waals surface area contributed by atoms with Gasteiger partial charge in [-0.3, -0.25) is 4.79 Å². The fourth-order valence-corrected chi connectivity index (χ4v) is 1.80. The lowest BCUT2D eigenvalue weighted by atomic mass is 10.2. The van der Waals surface area contributed by atoms with Crippen molar-refractivity contribution in [2.45, 2.75) is 12.6 Å². The molecule has 2 heterocycles. The van der Waals surface area contributed by atoms with Gasteiger partial charge in [0, 0.05) is 6.54 Å². The molecule has 1 fully saturated rings. The molecule has 3 N–H and O–H groups in total. The van der Waals surface area contributed by atoms with Gasteiger partial charge in [-0.25, -0.2) is 4.79 Å². The topological polar surface area (TPSA) is 106 Å². The summed E-state index contributed by atoms with van der Waals surface area (Å²) in [6, 6.07) is 2.13. The minimum atomic E-state index is -1.09. The quantitative estimate of drug-likeness (QED) is 0.764. The predicted octanol–water partition coefficient (Wildman–Crippen LogP) is -0.336. The Balaban J connectivity index is 2.17. The number of carbonyl (C=O) groups excluding carboxylic acids is 1. The van der Waals surface area contributed by atoms with Crippen LogP contribution in [0, 0.1) is 0 Å². The van der Waals surface area contributed by atoms with Crippen molar-refractivity contribution in [3.8, 4) is 0 Å². The lowest BCUT2D eigenvalue weighted by Gasteiger charge is -2.32. The highest BCUT2D eigenvalue weighted by molar-refractivity contribution is 5.94. The Kier molecular flexibility index (Phi) is 3.63. The average molecular weight is 254 g/mol. The van der Waals surface area contributed by atoms with E-state index in [0.717, 1.165) is 0 Å². The summed E-state index contributed by atoms with van der Waals surface area (Å²) in [7, 11) is 0. The number of aliphatic carboxylic acids is 1. The van der Waals surface area contributed by atoms with Crippen LogP contribution in [-0.4, -0.2) is 47.7 Å². The maximum Gasteiger partial charge on any atom is 0.328 e. The van der Waals surface area contributed by atoms with Crippen LogP contribution >= 0.6 is 0 Å². The highest BCUT2D eigenvalue weighted by atomic mass is 16.5. The van der Waals surface area contributed by atoms with Crippen molar-refractivity contribution in [3.05, 3.63) is 23.7 Å². The number of nitrogens with zero attached hydrogens (tertiary/aromatic N) is 1. The molecule has 7 heteroatoms. The van der Waals surface area contributed by atoms with Gasteiger partial charge < -0.3 is 24.9 Å². The number of hydrogen-bond acceptors (Lipinski definition) is 5. The SMILES string of the molecule is NCc1ccc(C(=O)N2CCOCC2C(=O)O)o1. The second-order valence-electron chi connectivity index (χ2n) is 3.90. The second-order valence-corrected chi connectivity index (χ2v) is 3.90. The highest BCUT2D eigenvalue weighted by Crippen LogP contribution is 2.15. The third-order valence-corrected chi connectivity index (χ3v) is 2.75. The minimum Gasteiger partial charge on any atom is -0.480 e. The van der Waals surface area contributed by atoms with Crippen molar-refractivity contribution >= 4 is 11.9 Å². The van der Waals surface area contributed by atoms with E-state index in [-0.39, 0.29) is 25.5 Å². The van der Waals surface area contributed by atoms with Crippen LogP contribution in [0.2, 0.25) is 0 Å². The Bertz CT molecular complexity index is 456. The fraction of sp³-hybridized carbons (Fsp3) is 0.455. The van der Waals surface area contributed by atoms with Crippen molar-refractivity contribution in [3.63, 3.8) is 0 Å². The largest absolute Gasteiger partial charge is 0.480 e. The van der Waals surface area contributed by atoms with Gasteiger partial charge in [0.1, 0.15) is 5.76 Å². The molecule has 1 atom stereocenters. The van der Waals surface area contributed by atoms with Crippen LogP contribution in [0.4, 0.5) is 0 Å². The number of carboxylic acids is 1. The van der Waals surface area contributed by atoms with Gasteiger partial charge in [0.25, 0.3) is 5.91 Å². The molecule has 98 valence electrons. The van der Waals surface area contributed by atoms with Crippen molar-refractivity contribution < 1.29 is 23.8 Å². The van der Waals surface area contributed by atoms with Crippen LogP contribution in [0.15, 0.2) is 16.5 Å². The molecule has 1 aromatic heterocycles. The van der Waals surface area contributed by atoms with Gasteiger partial charge in [0.2, 0.25) is 0 Å². The standard InChI is InChI=1S/C11H14N2O5/c12-5-7-1-2-9(18-7)10(14)13-3-4-17-6-8(13)11(15)16/h1-2,8H,3-6,12H2,(H,15,16). The summed E-state index contributed by atoms with van der Waals surface area (Å²) in [4.78, 5) is 24.4. The molecule has 0 aliphatic carbocycles. The molecule has 1 unspecified atom stereocenters. The first-order valence-electron chi connectivity index (χ1n) is 5.53. The second kappa shape index (κ2) is 5.19. The van der Waals surface area contributed by atoms with Crippen molar-refractivity contribution in [1.82, 2.24) is 4.90 Å². The van der Waals surface area contributed by atoms with Gasteiger partial charge in [-0.05, 0) is 12.1 Å². The zero-order chi connectivity index (χ0) is 13.1. The summed E-state index contributed by atoms with van der Waals surface area (Å²) in [5.74, 6) is -0.957. The summed E-state index contributed by atoms with van der Waals surface area (Å²) in [6.45, 7) is 0.735. The number of ether oxygens (including phenoxy) is 1. The maximum atomic E-state index is 12.1. The van der Waals surface area contributed by atoms with Crippen LogP contribution in [0.5, 0.6) is 0 Å². The number of carbonyl (C=O) groups is 2. The number of hydrogen-bond donors (Lipinski definition) is 2. The van der Waals surface area contributed by atoms with Gasteiger partial charge in [-0.2, -0.15) is 0 Å². The Morgan fingerprint density at radius 3 is 2.89 bits per heavy atom. The van der Waals surface area contributed by atoms with Gasteiger partial charge >= 0.3 is 5.97 Å². The monoisotopic (exact) mass is 254 g/mol. The van der Waals surface area contributed by atoms with Crippen LogP contribution in [0.25, 0.3) is 0 Å². The van der Waals surface area contributed by atoms with E-state index in [4.69, 9.17) is 20.0 Å². The number of carboxylic acid groups (broad SMARTS) is 1. The van der Waals surface area contributed by atoms with Crippen LogP contribution in [0.1, 0.15) is 16.3 Å². The molecule has 1 saturated heterocycles. The molecule has 0 aromatic carbocycles. The Hall–Kier alpha value is -1.86. The third-order valence-electron chi connectivity index (χ3n) is 2.75. The summed E-state index contributed by atoms with van der Waals surface area (Å²) >= 11 is 0. The fourth-order valence-electron chi connectivity index (χ4n) is 1.80. The Morgan fingerprint density at radius 2 is 2.28 bits per heavy atom. The molecule has 1 aliphatic rings. The number of amides is 1. The van der Waals surface area contributed by atoms with Crippen molar-refractivity contribution in [2.75, 3.05) is 19.8 Å². The Morgan fingerprint density at radius 1 is 1.50 bits per heavy atom. The molecule has 7 nitrogen and oxygen atoms in total. The van der Waals surface area contributed by atoms with E-state index in [9.17, 15) is 9.59 Å². The molecule has 2 rings (SSSR count). The third kappa shape index (κ3) is 2.36. The van der Waals surface area contributed by atoms with Gasteiger partial charge in [0.15, 0.2) is 11.8 Å². The van der Waals surface area contributed by atoms with Gasteiger partial charge in [0.05, 0.1) is 19.8 Å². The molecule has 1 aliphatic heterocycles. The number of nitrogens with two attached hydrogens (primary N) is 1. The summed E-state index contributed by atoms with van der Waals surface area (Å²) in [5.41, 5.74) is 5.38. The smallest absolute Gasteiger partial charge is 0.328 e. The van der Waals surface area contributed by atoms with E-state index in [1.165, 1.54) is 11.0 Å². The lowest BCUT2D eigenvalue weighted by Crippen LogP contribution is -2.52. The number of morpholine rings is 1. The Labute approximate surface area is 103 Å². The summed E-state index contributed by atoms with van der Waals surface area (Å²) in [5, 5.41) is 9.03. The number of furan rings is 1. The average Bonchev–Trinajstić information content (AvgIpc) is 2.86. The molecular formula is C11H14N2O5. The first-order valence-corrected chi connectivity index (χ1v) is 5.53. The molecule has 0 radical (unpaired) electrons. The van der Waals surface area contributed by atoms with Crippen LogP contribution in [0.3, 0.4) is 0 Å². The molecule has 1 aromatic rings. The maximum absolute atomic E-state index is 12.1. The highest BCUT2D eigenvalue weighted by Gasteiger charge is 2.34. The molecule has 0 spiro atoms. The van der Waals surface area contributed by atoms with E-state index < -0.39 is 17.9 Å². The minimum absolute atomic E-state index is 0.00840. The first-order chi connectivity index (χ1) is 8.63. The van der Waals surface area contributed by atoms with Crippen molar-refractivity contribution in [2.24, 2.45) is 5.73 Å². The first kappa shape index (κ1) is 12.6. The van der Waals surface area contributed by atoms with E-state index in [2.05, 4.69) is 0 Å². The zero-order valence-electron chi connectivity index (χ0n) is 9.67. The van der Waals surface area contributed by atoms with E-state index in [1.807, 2.05) is 0 Å². The molecule has 1 amide bonds. The van der Waals surface area contributed by atoms with E-state index in [0.29, 0.717) is 12.4 Å². The zero-order valence-corrected chi connectivity index (χ0v) is 9.67. The lowest BCUT2D eigenvalue weighted by molar-refractivity contribution is -0.147. The normalized spacial score (nSPS) is 19.8. The molecule has 18 heavy (non-hydrogen) atoms. The summed E-state index contributed by atoms with van der Waals surface area (Å²) in [6.07, 6.45) is 0. The van der Waals surface area contributed by atoms with E-state index in [1.54, 1.807) is 6.07 Å². The van der Waals surface area contributed by atoms with Gasteiger partial charge in [-0.1, -0.05) is 0 Å².